The largest absolute Gasteiger partial charge is 0.396 e. The van der Waals surface area contributed by atoms with Gasteiger partial charge in [0.1, 0.15) is 9.84 Å². The van der Waals surface area contributed by atoms with Gasteiger partial charge in [-0.2, -0.15) is 0 Å². The Morgan fingerprint density at radius 2 is 2.09 bits per heavy atom. The summed E-state index contributed by atoms with van der Waals surface area (Å²) in [6, 6.07) is 2.41. The normalized spacial score (nSPS) is 22.3. The molecule has 0 atom stereocenters. The van der Waals surface area contributed by atoms with Gasteiger partial charge in [-0.3, -0.25) is 4.98 Å². The highest BCUT2D eigenvalue weighted by Crippen LogP contribution is 2.35. The number of anilines is 2. The van der Waals surface area contributed by atoms with Crippen molar-refractivity contribution in [3.8, 4) is 0 Å². The van der Waals surface area contributed by atoms with Gasteiger partial charge in [0.25, 0.3) is 0 Å². The quantitative estimate of drug-likeness (QED) is 0.861. The summed E-state index contributed by atoms with van der Waals surface area (Å²) in [6.45, 7) is 0. The van der Waals surface area contributed by atoms with Gasteiger partial charge in [-0.25, -0.2) is 8.42 Å². The van der Waals surface area contributed by atoms with E-state index in [4.69, 9.17) is 5.73 Å². The number of nitrogens with two attached hydrogens (primary N) is 1. The van der Waals surface area contributed by atoms with Crippen LogP contribution in [0, 0.1) is 5.92 Å². The Kier molecular flexibility index (Phi) is 4.77. The predicted octanol–water partition coefficient (Wildman–Crippen LogP) is 3.28. The van der Waals surface area contributed by atoms with Crippen molar-refractivity contribution in [2.24, 2.45) is 5.92 Å². The highest BCUT2D eigenvalue weighted by Gasteiger charge is 2.23. The second-order valence-corrected chi connectivity index (χ2v) is 9.68. The van der Waals surface area contributed by atoms with Gasteiger partial charge in [0.05, 0.1) is 33.5 Å². The Hall–Kier alpha value is -1.34. The maximum atomic E-state index is 11.3. The van der Waals surface area contributed by atoms with Crippen molar-refractivity contribution >= 4 is 42.8 Å². The molecule has 0 aliphatic heterocycles. The summed E-state index contributed by atoms with van der Waals surface area (Å²) in [7, 11) is -2.85. The molecule has 1 aliphatic carbocycles. The third-order valence-corrected chi connectivity index (χ3v) is 6.49. The molecule has 0 amide bonds. The van der Waals surface area contributed by atoms with E-state index in [0.717, 1.165) is 48.0 Å². The molecule has 1 fully saturated rings. The van der Waals surface area contributed by atoms with Crippen LogP contribution in [0.2, 0.25) is 0 Å². The van der Waals surface area contributed by atoms with Crippen LogP contribution in [0.4, 0.5) is 11.4 Å². The van der Waals surface area contributed by atoms with E-state index in [9.17, 15) is 8.42 Å². The van der Waals surface area contributed by atoms with Crippen molar-refractivity contribution in [1.82, 2.24) is 4.98 Å². The zero-order valence-corrected chi connectivity index (χ0v) is 14.9. The highest BCUT2D eigenvalue weighted by atomic mass is 32.2. The molecular formula is C16H23N3O2S2. The number of hydrogen-bond acceptors (Lipinski definition) is 6. The average molecular weight is 354 g/mol. The van der Waals surface area contributed by atoms with Crippen LogP contribution < -0.4 is 11.1 Å². The van der Waals surface area contributed by atoms with Gasteiger partial charge in [0, 0.05) is 12.3 Å². The number of nitrogens with one attached hydrogen (secondary N) is 1. The molecular weight excluding hydrogens is 330 g/mol. The summed E-state index contributed by atoms with van der Waals surface area (Å²) >= 11 is 1.66. The van der Waals surface area contributed by atoms with Crippen molar-refractivity contribution in [3.63, 3.8) is 0 Å². The van der Waals surface area contributed by atoms with Crippen LogP contribution in [-0.4, -0.2) is 31.5 Å². The first-order valence-electron chi connectivity index (χ1n) is 7.98. The lowest BCUT2D eigenvalue weighted by Gasteiger charge is -2.30. The lowest BCUT2D eigenvalue weighted by Crippen LogP contribution is -2.27. The Bertz CT molecular complexity index is 778. The maximum Gasteiger partial charge on any atom is 0.147 e. The van der Waals surface area contributed by atoms with E-state index >= 15 is 0 Å². The van der Waals surface area contributed by atoms with Crippen LogP contribution in [-0.2, 0) is 9.84 Å². The van der Waals surface area contributed by atoms with Gasteiger partial charge >= 0.3 is 0 Å². The topological polar surface area (TPSA) is 85.1 Å². The number of pyridine rings is 1. The summed E-state index contributed by atoms with van der Waals surface area (Å²) < 4.78 is 23.7. The number of nitrogen functional groups attached to an aromatic ring is 1. The van der Waals surface area contributed by atoms with Gasteiger partial charge in [-0.15, -0.1) is 11.3 Å². The summed E-state index contributed by atoms with van der Waals surface area (Å²) in [5.74, 6) is 0.836. The number of sulfone groups is 1. The first kappa shape index (κ1) is 16.5. The Morgan fingerprint density at radius 1 is 1.35 bits per heavy atom. The van der Waals surface area contributed by atoms with Crippen LogP contribution in [0.5, 0.6) is 0 Å². The van der Waals surface area contributed by atoms with Crippen LogP contribution in [0.3, 0.4) is 0 Å². The van der Waals surface area contributed by atoms with Crippen LogP contribution in [0.25, 0.3) is 10.2 Å². The molecule has 0 bridgehead atoms. The van der Waals surface area contributed by atoms with E-state index in [-0.39, 0.29) is 0 Å². The van der Waals surface area contributed by atoms with Crippen LogP contribution in [0.1, 0.15) is 32.1 Å². The molecule has 7 heteroatoms. The van der Waals surface area contributed by atoms with E-state index in [0.29, 0.717) is 23.4 Å². The van der Waals surface area contributed by atoms with E-state index in [1.807, 2.05) is 11.4 Å². The first-order valence-corrected chi connectivity index (χ1v) is 10.9. The van der Waals surface area contributed by atoms with Crippen LogP contribution in [0.15, 0.2) is 17.6 Å². The molecule has 1 aliphatic rings. The smallest absolute Gasteiger partial charge is 0.147 e. The third kappa shape index (κ3) is 4.14. The van der Waals surface area contributed by atoms with E-state index in [1.165, 1.54) is 6.26 Å². The minimum Gasteiger partial charge on any atom is -0.396 e. The van der Waals surface area contributed by atoms with Crippen molar-refractivity contribution in [3.05, 3.63) is 17.6 Å². The summed E-state index contributed by atoms with van der Waals surface area (Å²) in [4.78, 5) is 4.34. The van der Waals surface area contributed by atoms with Gasteiger partial charge in [-0.05, 0) is 49.5 Å². The Balaban J connectivity index is 1.60. The molecule has 0 unspecified atom stereocenters. The van der Waals surface area contributed by atoms with E-state index < -0.39 is 9.84 Å². The van der Waals surface area contributed by atoms with Gasteiger partial charge in [0.15, 0.2) is 0 Å². The first-order chi connectivity index (χ1) is 10.9. The van der Waals surface area contributed by atoms with Crippen LogP contribution >= 0.6 is 11.3 Å². The van der Waals surface area contributed by atoms with Crippen molar-refractivity contribution < 1.29 is 8.42 Å². The van der Waals surface area contributed by atoms with E-state index in [2.05, 4.69) is 10.3 Å². The minimum absolute atomic E-state index is 0.308. The molecule has 0 spiro atoms. The number of aromatic nitrogens is 1. The molecule has 3 rings (SSSR count). The minimum atomic E-state index is -2.85. The summed E-state index contributed by atoms with van der Waals surface area (Å²) in [5, 5.41) is 5.63. The zero-order chi connectivity index (χ0) is 16.4. The molecule has 0 radical (unpaired) electrons. The standard InChI is InChI=1S/C16H23N3O2S2/c1-23(20,21)9-7-11-2-4-12(5-3-11)19-15-13(17)10-18-14-6-8-22-16(14)15/h6,8,10-12H,2-5,7,9,17H2,1H3,(H,18,19)/t11-,12-. The predicted molar refractivity (Wildman–Crippen MR) is 97.7 cm³/mol. The monoisotopic (exact) mass is 353 g/mol. The molecule has 0 aromatic carbocycles. The second kappa shape index (κ2) is 6.65. The number of hydrogen-bond donors (Lipinski definition) is 2. The molecule has 5 nitrogen and oxygen atoms in total. The SMILES string of the molecule is CS(=O)(=O)CC[C@H]1CC[C@H](Nc2c(N)cnc3ccsc23)CC1. The number of nitrogens with zero attached hydrogens (tertiary/aromatic N) is 1. The van der Waals surface area contributed by atoms with Gasteiger partial charge in [-0.1, -0.05) is 0 Å². The fraction of sp³-hybridized carbons (Fsp3) is 0.562. The molecule has 2 aromatic rings. The molecule has 23 heavy (non-hydrogen) atoms. The zero-order valence-electron chi connectivity index (χ0n) is 13.3. The Labute approximate surface area is 141 Å². The maximum absolute atomic E-state index is 11.3. The molecule has 3 N–H and O–H groups in total. The fourth-order valence-electron chi connectivity index (χ4n) is 3.26. The highest BCUT2D eigenvalue weighted by molar-refractivity contribution is 7.90. The summed E-state index contributed by atoms with van der Waals surface area (Å²) in [5.41, 5.74) is 8.78. The molecule has 2 aromatic heterocycles. The van der Waals surface area contributed by atoms with Gasteiger partial charge < -0.3 is 11.1 Å². The molecule has 126 valence electrons. The Morgan fingerprint density at radius 3 is 2.78 bits per heavy atom. The van der Waals surface area contributed by atoms with Gasteiger partial charge in [0.2, 0.25) is 0 Å². The average Bonchev–Trinajstić information content (AvgIpc) is 2.97. The van der Waals surface area contributed by atoms with Crippen molar-refractivity contribution in [2.75, 3.05) is 23.1 Å². The molecule has 0 saturated heterocycles. The van der Waals surface area contributed by atoms with Crippen molar-refractivity contribution in [1.29, 1.82) is 0 Å². The van der Waals surface area contributed by atoms with Crippen molar-refractivity contribution in [2.45, 2.75) is 38.1 Å². The lowest BCUT2D eigenvalue weighted by atomic mass is 9.84. The fourth-order valence-corrected chi connectivity index (χ4v) is 4.89. The number of rotatable bonds is 5. The lowest BCUT2D eigenvalue weighted by molar-refractivity contribution is 0.331. The second-order valence-electron chi connectivity index (χ2n) is 6.50. The number of thiophene rings is 1. The van der Waals surface area contributed by atoms with E-state index in [1.54, 1.807) is 17.5 Å². The molecule has 2 heterocycles. The molecule has 1 saturated carbocycles. The third-order valence-electron chi connectivity index (χ3n) is 4.60. The summed E-state index contributed by atoms with van der Waals surface area (Å²) in [6.07, 6.45) is 8.09. The number of fused-ring (bicyclic) bond motifs is 1.